The minimum Gasteiger partial charge on any atom is -0.394 e. The molecule has 1 aromatic heterocycles. The number of ether oxygens (including phenoxy) is 1. The molecule has 2 atom stereocenters. The van der Waals surface area contributed by atoms with E-state index in [2.05, 4.69) is 31.2 Å². The van der Waals surface area contributed by atoms with Gasteiger partial charge in [-0.1, -0.05) is 13.8 Å². The highest BCUT2D eigenvalue weighted by Crippen LogP contribution is 2.44. The van der Waals surface area contributed by atoms with Crippen LogP contribution in [0.25, 0.3) is 0 Å². The van der Waals surface area contributed by atoms with Crippen molar-refractivity contribution in [1.29, 1.82) is 0 Å². The van der Waals surface area contributed by atoms with E-state index in [1.165, 1.54) is 0 Å². The van der Waals surface area contributed by atoms with Crippen LogP contribution in [0.5, 0.6) is 0 Å². The van der Waals surface area contributed by atoms with Gasteiger partial charge >= 0.3 is 0 Å². The number of aryl methyl sites for hydroxylation is 2. The van der Waals surface area contributed by atoms with Crippen molar-refractivity contribution in [1.82, 2.24) is 9.78 Å². The third-order valence-corrected chi connectivity index (χ3v) is 4.25. The highest BCUT2D eigenvalue weighted by Gasteiger charge is 2.49. The number of methoxy groups -OCH3 is 1. The summed E-state index contributed by atoms with van der Waals surface area (Å²) in [5, 5.41) is 7.96. The van der Waals surface area contributed by atoms with Crippen LogP contribution < -0.4 is 11.1 Å². The molecule has 2 unspecified atom stereocenters. The summed E-state index contributed by atoms with van der Waals surface area (Å²) in [6.45, 7) is 9.27. The minimum absolute atomic E-state index is 0.123. The largest absolute Gasteiger partial charge is 0.394 e. The van der Waals surface area contributed by atoms with E-state index in [-0.39, 0.29) is 5.41 Å². The molecule has 3 N–H and O–H groups in total. The molecule has 102 valence electrons. The van der Waals surface area contributed by atoms with Gasteiger partial charge in [0.1, 0.15) is 5.82 Å². The van der Waals surface area contributed by atoms with E-state index in [0.29, 0.717) is 12.1 Å². The molecule has 0 aromatic carbocycles. The van der Waals surface area contributed by atoms with E-state index in [0.717, 1.165) is 30.2 Å². The van der Waals surface area contributed by atoms with Gasteiger partial charge in [-0.15, -0.1) is 0 Å². The maximum atomic E-state index is 6.08. The molecule has 18 heavy (non-hydrogen) atoms. The minimum atomic E-state index is 0.123. The van der Waals surface area contributed by atoms with Crippen molar-refractivity contribution in [3.63, 3.8) is 0 Å². The third-order valence-electron chi connectivity index (χ3n) is 4.25. The second-order valence-electron chi connectivity index (χ2n) is 5.64. The van der Waals surface area contributed by atoms with Gasteiger partial charge in [-0.25, -0.2) is 4.68 Å². The first-order valence-electron chi connectivity index (χ1n) is 6.54. The Morgan fingerprint density at radius 3 is 2.72 bits per heavy atom. The molecule has 0 bridgehead atoms. The molecule has 1 heterocycles. The number of aromatic nitrogens is 2. The summed E-state index contributed by atoms with van der Waals surface area (Å²) in [5.74, 6) is 0.947. The summed E-state index contributed by atoms with van der Waals surface area (Å²) >= 11 is 0. The first-order valence-corrected chi connectivity index (χ1v) is 6.54. The van der Waals surface area contributed by atoms with Crippen molar-refractivity contribution in [2.24, 2.45) is 5.41 Å². The molecule has 1 aromatic rings. The quantitative estimate of drug-likeness (QED) is 0.860. The van der Waals surface area contributed by atoms with Crippen LogP contribution in [0.2, 0.25) is 0 Å². The molecule has 0 radical (unpaired) electrons. The zero-order valence-corrected chi connectivity index (χ0v) is 11.9. The maximum Gasteiger partial charge on any atom is 0.148 e. The molecule has 1 aliphatic carbocycles. The van der Waals surface area contributed by atoms with Gasteiger partial charge in [0.05, 0.1) is 17.5 Å². The number of nitrogen functional groups attached to an aromatic ring is 1. The van der Waals surface area contributed by atoms with Gasteiger partial charge in [-0.3, -0.25) is 0 Å². The van der Waals surface area contributed by atoms with Gasteiger partial charge in [-0.2, -0.15) is 5.10 Å². The molecule has 0 amide bonds. The van der Waals surface area contributed by atoms with Crippen LogP contribution in [0, 0.1) is 12.3 Å². The first kappa shape index (κ1) is 13.2. The predicted molar refractivity (Wildman–Crippen MR) is 73.7 cm³/mol. The Morgan fingerprint density at radius 2 is 2.22 bits per heavy atom. The molecular weight excluding hydrogens is 228 g/mol. The Morgan fingerprint density at radius 1 is 1.56 bits per heavy atom. The lowest BCUT2D eigenvalue weighted by Crippen LogP contribution is -2.57. The monoisotopic (exact) mass is 252 g/mol. The number of hydrogen-bond donors (Lipinski definition) is 2. The van der Waals surface area contributed by atoms with Crippen LogP contribution >= 0.6 is 0 Å². The maximum absolute atomic E-state index is 6.08. The fourth-order valence-electron chi connectivity index (χ4n) is 2.67. The van der Waals surface area contributed by atoms with E-state index >= 15 is 0 Å². The van der Waals surface area contributed by atoms with Crippen molar-refractivity contribution >= 4 is 11.5 Å². The molecule has 2 rings (SSSR count). The Labute approximate surface area is 109 Å². The molecule has 1 saturated carbocycles. The zero-order chi connectivity index (χ0) is 13.5. The van der Waals surface area contributed by atoms with Gasteiger partial charge in [0, 0.05) is 25.1 Å². The number of anilines is 2. The lowest BCUT2D eigenvalue weighted by Gasteiger charge is -2.51. The van der Waals surface area contributed by atoms with Gasteiger partial charge in [0.15, 0.2) is 0 Å². The average Bonchev–Trinajstić information content (AvgIpc) is 2.60. The molecule has 5 heteroatoms. The average molecular weight is 252 g/mol. The Bertz CT molecular complexity index is 438. The summed E-state index contributed by atoms with van der Waals surface area (Å²) in [6, 6.07) is 0.381. The van der Waals surface area contributed by atoms with Crippen molar-refractivity contribution in [2.75, 3.05) is 18.2 Å². The lowest BCUT2D eigenvalue weighted by molar-refractivity contribution is -0.0796. The van der Waals surface area contributed by atoms with Gasteiger partial charge in [0.25, 0.3) is 0 Å². The Hall–Kier alpha value is -1.23. The standard InChI is InChI=1S/C13H24N4O/c1-6-17-12(11(14)8(2)16-17)15-9-7-10(18-5)13(9,3)4/h9-10,15H,6-7,14H2,1-5H3. The van der Waals surface area contributed by atoms with Gasteiger partial charge < -0.3 is 15.8 Å². The lowest BCUT2D eigenvalue weighted by atomic mass is 9.64. The summed E-state index contributed by atoms with van der Waals surface area (Å²) in [6.07, 6.45) is 1.33. The van der Waals surface area contributed by atoms with Gasteiger partial charge in [-0.05, 0) is 20.3 Å². The number of hydrogen-bond acceptors (Lipinski definition) is 4. The second kappa shape index (κ2) is 4.46. The van der Waals surface area contributed by atoms with E-state index in [9.17, 15) is 0 Å². The molecular formula is C13H24N4O. The highest BCUT2D eigenvalue weighted by molar-refractivity contribution is 5.65. The Kier molecular flexibility index (Phi) is 3.27. The van der Waals surface area contributed by atoms with Gasteiger partial charge in [0.2, 0.25) is 0 Å². The van der Waals surface area contributed by atoms with E-state index in [1.807, 2.05) is 11.6 Å². The normalized spacial score (nSPS) is 25.8. The third kappa shape index (κ3) is 1.86. The highest BCUT2D eigenvalue weighted by atomic mass is 16.5. The van der Waals surface area contributed by atoms with E-state index in [1.54, 1.807) is 7.11 Å². The number of nitrogens with two attached hydrogens (primary N) is 1. The fraction of sp³-hybridized carbons (Fsp3) is 0.769. The van der Waals surface area contributed by atoms with Crippen LogP contribution in [0.15, 0.2) is 0 Å². The van der Waals surface area contributed by atoms with E-state index < -0.39 is 0 Å². The molecule has 1 aliphatic rings. The zero-order valence-electron chi connectivity index (χ0n) is 11.9. The predicted octanol–water partition coefficient (Wildman–Crippen LogP) is 2.02. The molecule has 0 aliphatic heterocycles. The molecule has 0 spiro atoms. The van der Waals surface area contributed by atoms with Crippen molar-refractivity contribution in [3.8, 4) is 0 Å². The number of rotatable bonds is 4. The molecule has 1 fully saturated rings. The SMILES string of the molecule is CCn1nc(C)c(N)c1NC1CC(OC)C1(C)C. The fourth-order valence-corrected chi connectivity index (χ4v) is 2.67. The van der Waals surface area contributed by atoms with Crippen LogP contribution in [0.1, 0.15) is 32.9 Å². The van der Waals surface area contributed by atoms with Crippen LogP contribution in [0.4, 0.5) is 11.5 Å². The van der Waals surface area contributed by atoms with Crippen LogP contribution in [0.3, 0.4) is 0 Å². The summed E-state index contributed by atoms with van der Waals surface area (Å²) < 4.78 is 7.40. The van der Waals surface area contributed by atoms with Crippen molar-refractivity contribution < 1.29 is 4.74 Å². The Balaban J connectivity index is 2.16. The first-order chi connectivity index (χ1) is 8.41. The van der Waals surface area contributed by atoms with Crippen molar-refractivity contribution in [2.45, 2.75) is 52.8 Å². The molecule has 5 nitrogen and oxygen atoms in total. The van der Waals surface area contributed by atoms with Crippen molar-refractivity contribution in [3.05, 3.63) is 5.69 Å². The second-order valence-corrected chi connectivity index (χ2v) is 5.64. The summed E-state index contributed by atoms with van der Waals surface area (Å²) in [4.78, 5) is 0. The molecule has 0 saturated heterocycles. The summed E-state index contributed by atoms with van der Waals surface area (Å²) in [5.41, 5.74) is 7.85. The number of nitrogens with one attached hydrogen (secondary N) is 1. The topological polar surface area (TPSA) is 65.1 Å². The number of nitrogens with zero attached hydrogens (tertiary/aromatic N) is 2. The van der Waals surface area contributed by atoms with E-state index in [4.69, 9.17) is 10.5 Å². The summed E-state index contributed by atoms with van der Waals surface area (Å²) in [7, 11) is 1.78. The van der Waals surface area contributed by atoms with Crippen LogP contribution in [-0.2, 0) is 11.3 Å². The van der Waals surface area contributed by atoms with Crippen LogP contribution in [-0.4, -0.2) is 29.0 Å². The smallest absolute Gasteiger partial charge is 0.148 e.